The molecule has 0 aromatic heterocycles. The standard InChI is InChI=1S/C16H24N2O5.C4H10/c1-16(2,3)23-15(20)18-12(9-14(19)21-4)10-22-13-7-5-6-11(17)8-13;1-3-4-2/h5-8,12H,9-10,17H2,1-4H3,(H,18,20);3-4H2,1-2H3/t12-;/m1./s1. The zero-order valence-corrected chi connectivity index (χ0v) is 17.3. The van der Waals surface area contributed by atoms with Gasteiger partial charge < -0.3 is 25.3 Å². The molecular weight excluding hydrogens is 348 g/mol. The number of anilines is 1. The second-order valence-electron chi connectivity index (χ2n) is 7.01. The van der Waals surface area contributed by atoms with Crippen molar-refractivity contribution in [3.05, 3.63) is 24.3 Å². The fourth-order valence-corrected chi connectivity index (χ4v) is 1.71. The fraction of sp³-hybridized carbons (Fsp3) is 0.600. The molecule has 27 heavy (non-hydrogen) atoms. The number of alkyl carbamates (subject to hydrolysis) is 1. The number of rotatable bonds is 7. The number of unbranched alkanes of at least 4 members (excludes halogenated alkanes) is 1. The molecule has 1 rings (SSSR count). The number of carbonyl (C=O) groups excluding carboxylic acids is 2. The van der Waals surface area contributed by atoms with Gasteiger partial charge in [0.1, 0.15) is 18.0 Å². The molecule has 0 aliphatic rings. The Balaban J connectivity index is 0.00000153. The van der Waals surface area contributed by atoms with Gasteiger partial charge in [-0.05, 0) is 32.9 Å². The predicted molar refractivity (Wildman–Crippen MR) is 107 cm³/mol. The molecule has 0 radical (unpaired) electrons. The van der Waals surface area contributed by atoms with Gasteiger partial charge in [0.05, 0.1) is 19.6 Å². The summed E-state index contributed by atoms with van der Waals surface area (Å²) in [5, 5.41) is 2.61. The summed E-state index contributed by atoms with van der Waals surface area (Å²) in [4.78, 5) is 23.3. The number of ether oxygens (including phenoxy) is 3. The van der Waals surface area contributed by atoms with E-state index >= 15 is 0 Å². The summed E-state index contributed by atoms with van der Waals surface area (Å²) in [6, 6.07) is 6.29. The van der Waals surface area contributed by atoms with Crippen LogP contribution in [0.15, 0.2) is 24.3 Å². The number of methoxy groups -OCH3 is 1. The van der Waals surface area contributed by atoms with Crippen LogP contribution in [0.25, 0.3) is 0 Å². The van der Waals surface area contributed by atoms with Gasteiger partial charge in [-0.2, -0.15) is 0 Å². The molecule has 7 heteroatoms. The molecule has 0 saturated carbocycles. The number of hydrogen-bond acceptors (Lipinski definition) is 6. The topological polar surface area (TPSA) is 99.9 Å². The Bertz CT molecular complexity index is 568. The molecule has 0 aliphatic heterocycles. The van der Waals surface area contributed by atoms with Crippen LogP contribution in [0, 0.1) is 0 Å². The van der Waals surface area contributed by atoms with Gasteiger partial charge in [-0.1, -0.05) is 32.8 Å². The molecular formula is C20H34N2O5. The lowest BCUT2D eigenvalue weighted by Crippen LogP contribution is -2.43. The molecule has 0 spiro atoms. The van der Waals surface area contributed by atoms with Gasteiger partial charge in [0.25, 0.3) is 0 Å². The fourth-order valence-electron chi connectivity index (χ4n) is 1.71. The van der Waals surface area contributed by atoms with Crippen LogP contribution in [-0.4, -0.2) is 37.4 Å². The van der Waals surface area contributed by atoms with Crippen molar-refractivity contribution in [2.75, 3.05) is 19.5 Å². The molecule has 1 aromatic carbocycles. The van der Waals surface area contributed by atoms with E-state index in [-0.39, 0.29) is 13.0 Å². The first-order valence-electron chi connectivity index (χ1n) is 9.15. The lowest BCUT2D eigenvalue weighted by Gasteiger charge is -2.23. The van der Waals surface area contributed by atoms with Gasteiger partial charge in [0, 0.05) is 11.8 Å². The predicted octanol–water partition coefficient (Wildman–Crippen LogP) is 3.91. The molecule has 0 heterocycles. The van der Waals surface area contributed by atoms with E-state index in [0.717, 1.165) is 0 Å². The second kappa shape index (κ2) is 12.8. The molecule has 1 atom stereocenters. The maximum atomic E-state index is 11.8. The van der Waals surface area contributed by atoms with Crippen LogP contribution >= 0.6 is 0 Å². The third-order valence-electron chi connectivity index (χ3n) is 3.17. The van der Waals surface area contributed by atoms with E-state index in [9.17, 15) is 9.59 Å². The normalized spacial score (nSPS) is 11.5. The Hall–Kier alpha value is -2.44. The Morgan fingerprint density at radius 2 is 1.81 bits per heavy atom. The SMILES string of the molecule is CCCC.COC(=O)C[C@H](COc1cccc(N)c1)NC(=O)OC(C)(C)C. The van der Waals surface area contributed by atoms with Crippen molar-refractivity contribution in [1.82, 2.24) is 5.32 Å². The van der Waals surface area contributed by atoms with Crippen molar-refractivity contribution in [2.45, 2.75) is 65.5 Å². The van der Waals surface area contributed by atoms with Crippen molar-refractivity contribution in [2.24, 2.45) is 0 Å². The minimum Gasteiger partial charge on any atom is -0.491 e. The lowest BCUT2D eigenvalue weighted by molar-refractivity contribution is -0.141. The largest absolute Gasteiger partial charge is 0.491 e. The molecule has 0 fully saturated rings. The van der Waals surface area contributed by atoms with Gasteiger partial charge in [-0.25, -0.2) is 4.79 Å². The Morgan fingerprint density at radius 1 is 1.19 bits per heavy atom. The molecule has 1 amide bonds. The first-order valence-corrected chi connectivity index (χ1v) is 9.15. The highest BCUT2D eigenvalue weighted by atomic mass is 16.6. The Labute approximate surface area is 162 Å². The molecule has 7 nitrogen and oxygen atoms in total. The first kappa shape index (κ1) is 24.6. The third kappa shape index (κ3) is 13.4. The quantitative estimate of drug-likeness (QED) is 0.548. The molecule has 0 unspecified atom stereocenters. The number of nitrogens with one attached hydrogen (secondary N) is 1. The molecule has 1 aromatic rings. The highest BCUT2D eigenvalue weighted by molar-refractivity contribution is 5.72. The molecule has 0 aliphatic carbocycles. The van der Waals surface area contributed by atoms with Crippen LogP contribution in [-0.2, 0) is 14.3 Å². The van der Waals surface area contributed by atoms with E-state index in [1.54, 1.807) is 45.0 Å². The van der Waals surface area contributed by atoms with Crippen LogP contribution < -0.4 is 15.8 Å². The molecule has 3 N–H and O–H groups in total. The van der Waals surface area contributed by atoms with Crippen LogP contribution in [0.2, 0.25) is 0 Å². The van der Waals surface area contributed by atoms with E-state index < -0.39 is 23.7 Å². The lowest BCUT2D eigenvalue weighted by atomic mass is 10.2. The summed E-state index contributed by atoms with van der Waals surface area (Å²) >= 11 is 0. The number of nitrogens with two attached hydrogens (primary N) is 1. The highest BCUT2D eigenvalue weighted by Gasteiger charge is 2.22. The second-order valence-corrected chi connectivity index (χ2v) is 7.01. The van der Waals surface area contributed by atoms with Gasteiger partial charge in [0.15, 0.2) is 0 Å². The van der Waals surface area contributed by atoms with Gasteiger partial charge >= 0.3 is 12.1 Å². The summed E-state index contributed by atoms with van der Waals surface area (Å²) in [5.74, 6) is 0.0908. The number of esters is 1. The van der Waals surface area contributed by atoms with E-state index in [4.69, 9.17) is 15.2 Å². The first-order chi connectivity index (χ1) is 12.6. The summed E-state index contributed by atoms with van der Waals surface area (Å²) in [6.45, 7) is 9.71. The summed E-state index contributed by atoms with van der Waals surface area (Å²) < 4.78 is 15.4. The van der Waals surface area contributed by atoms with Gasteiger partial charge in [-0.3, -0.25) is 4.79 Å². The number of hydrogen-bond donors (Lipinski definition) is 2. The highest BCUT2D eigenvalue weighted by Crippen LogP contribution is 2.15. The van der Waals surface area contributed by atoms with E-state index in [1.807, 2.05) is 0 Å². The number of carbonyl (C=O) groups is 2. The van der Waals surface area contributed by atoms with E-state index in [2.05, 4.69) is 23.9 Å². The van der Waals surface area contributed by atoms with Gasteiger partial charge in [0.2, 0.25) is 0 Å². The van der Waals surface area contributed by atoms with Gasteiger partial charge in [-0.15, -0.1) is 0 Å². The zero-order valence-electron chi connectivity index (χ0n) is 17.3. The van der Waals surface area contributed by atoms with Crippen molar-refractivity contribution < 1.29 is 23.8 Å². The number of benzene rings is 1. The maximum Gasteiger partial charge on any atom is 0.408 e. The summed E-state index contributed by atoms with van der Waals surface area (Å²) in [5.41, 5.74) is 5.61. The van der Waals surface area contributed by atoms with Crippen LogP contribution in [0.5, 0.6) is 5.75 Å². The Kier molecular flexibility index (Phi) is 11.7. The minimum atomic E-state index is -0.630. The smallest absolute Gasteiger partial charge is 0.408 e. The zero-order chi connectivity index (χ0) is 20.9. The summed E-state index contributed by atoms with van der Waals surface area (Å²) in [7, 11) is 1.28. The van der Waals surface area contributed by atoms with Crippen LogP contribution in [0.3, 0.4) is 0 Å². The molecule has 0 bridgehead atoms. The van der Waals surface area contributed by atoms with Crippen molar-refractivity contribution in [3.63, 3.8) is 0 Å². The average molecular weight is 383 g/mol. The number of amides is 1. The van der Waals surface area contributed by atoms with E-state index in [0.29, 0.717) is 11.4 Å². The maximum absolute atomic E-state index is 11.8. The van der Waals surface area contributed by atoms with Crippen molar-refractivity contribution >= 4 is 17.7 Å². The van der Waals surface area contributed by atoms with E-state index in [1.165, 1.54) is 20.0 Å². The van der Waals surface area contributed by atoms with Crippen molar-refractivity contribution in [1.29, 1.82) is 0 Å². The summed E-state index contributed by atoms with van der Waals surface area (Å²) in [6.07, 6.45) is 1.99. The minimum absolute atomic E-state index is 0.0297. The Morgan fingerprint density at radius 3 is 2.30 bits per heavy atom. The third-order valence-corrected chi connectivity index (χ3v) is 3.17. The number of nitrogen functional groups attached to an aromatic ring is 1. The van der Waals surface area contributed by atoms with Crippen molar-refractivity contribution in [3.8, 4) is 5.75 Å². The van der Waals surface area contributed by atoms with Crippen LogP contribution in [0.4, 0.5) is 10.5 Å². The van der Waals surface area contributed by atoms with Crippen LogP contribution in [0.1, 0.15) is 53.9 Å². The monoisotopic (exact) mass is 382 g/mol. The average Bonchev–Trinajstić information content (AvgIpc) is 2.58. The molecule has 154 valence electrons. The molecule has 0 saturated heterocycles.